The van der Waals surface area contributed by atoms with Crippen LogP contribution in [-0.2, 0) is 6.54 Å². The van der Waals surface area contributed by atoms with Crippen molar-refractivity contribution in [1.29, 1.82) is 0 Å². The second kappa shape index (κ2) is 7.90. The highest BCUT2D eigenvalue weighted by molar-refractivity contribution is 5.85. The van der Waals surface area contributed by atoms with Crippen molar-refractivity contribution < 1.29 is 4.74 Å². The molecule has 1 atom stereocenters. The van der Waals surface area contributed by atoms with Gasteiger partial charge >= 0.3 is 0 Å². The molecule has 0 saturated carbocycles. The van der Waals surface area contributed by atoms with E-state index in [4.69, 9.17) is 10.5 Å². The summed E-state index contributed by atoms with van der Waals surface area (Å²) in [5, 5.41) is 0. The molecule has 19 heavy (non-hydrogen) atoms. The SMILES string of the molecule is COc1c(C)cnc(CN2CC[C@H](N)C2)c1C.Cl.Cl. The molecule has 0 unspecified atom stereocenters. The van der Waals surface area contributed by atoms with E-state index in [0.29, 0.717) is 6.04 Å². The summed E-state index contributed by atoms with van der Waals surface area (Å²) >= 11 is 0. The molecule has 110 valence electrons. The average Bonchev–Trinajstić information content (AvgIpc) is 2.69. The Morgan fingerprint density at radius 1 is 1.42 bits per heavy atom. The number of pyridine rings is 1. The van der Waals surface area contributed by atoms with Crippen LogP contribution in [0.1, 0.15) is 23.2 Å². The van der Waals surface area contributed by atoms with Gasteiger partial charge in [0.15, 0.2) is 0 Å². The molecule has 0 aliphatic carbocycles. The standard InChI is InChI=1S/C13H21N3O.2ClH/c1-9-6-15-12(10(2)13(9)17-3)8-16-5-4-11(14)7-16;;/h6,11H,4-5,7-8,14H2,1-3H3;2*1H/t11-;;/m0../s1. The fraction of sp³-hybridized carbons (Fsp3) is 0.615. The van der Waals surface area contributed by atoms with E-state index in [1.807, 2.05) is 13.1 Å². The zero-order valence-corrected chi connectivity index (χ0v) is 13.3. The molecule has 1 saturated heterocycles. The summed E-state index contributed by atoms with van der Waals surface area (Å²) in [5.41, 5.74) is 9.24. The minimum Gasteiger partial charge on any atom is -0.496 e. The number of aromatic nitrogens is 1. The Bertz CT molecular complexity index is 415. The molecule has 2 heterocycles. The first-order valence-electron chi connectivity index (χ1n) is 6.08. The molecule has 0 spiro atoms. The minimum absolute atomic E-state index is 0. The Morgan fingerprint density at radius 3 is 2.63 bits per heavy atom. The fourth-order valence-electron chi connectivity index (χ4n) is 2.45. The van der Waals surface area contributed by atoms with Crippen molar-refractivity contribution in [3.05, 3.63) is 23.0 Å². The topological polar surface area (TPSA) is 51.4 Å². The lowest BCUT2D eigenvalue weighted by atomic mass is 10.1. The Morgan fingerprint density at radius 2 is 2.11 bits per heavy atom. The summed E-state index contributed by atoms with van der Waals surface area (Å²) in [6.45, 7) is 7.00. The van der Waals surface area contributed by atoms with E-state index >= 15 is 0 Å². The number of aryl methyl sites for hydroxylation is 1. The highest BCUT2D eigenvalue weighted by Crippen LogP contribution is 2.25. The van der Waals surface area contributed by atoms with Gasteiger partial charge in [0.2, 0.25) is 0 Å². The number of methoxy groups -OCH3 is 1. The van der Waals surface area contributed by atoms with E-state index in [0.717, 1.165) is 48.6 Å². The Balaban J connectivity index is 0.00000162. The molecule has 0 amide bonds. The quantitative estimate of drug-likeness (QED) is 0.929. The lowest BCUT2D eigenvalue weighted by molar-refractivity contribution is 0.320. The molecule has 0 bridgehead atoms. The van der Waals surface area contributed by atoms with Crippen LogP contribution in [0.3, 0.4) is 0 Å². The lowest BCUT2D eigenvalue weighted by Gasteiger charge is -2.18. The second-order valence-corrected chi connectivity index (χ2v) is 4.83. The van der Waals surface area contributed by atoms with Crippen LogP contribution < -0.4 is 10.5 Å². The van der Waals surface area contributed by atoms with Crippen LogP contribution in [0.15, 0.2) is 6.20 Å². The van der Waals surface area contributed by atoms with Crippen LogP contribution in [0.4, 0.5) is 0 Å². The normalized spacial score (nSPS) is 18.6. The first-order valence-corrected chi connectivity index (χ1v) is 6.08. The Kier molecular flexibility index (Phi) is 7.67. The summed E-state index contributed by atoms with van der Waals surface area (Å²) in [4.78, 5) is 6.87. The summed E-state index contributed by atoms with van der Waals surface area (Å²) in [5.74, 6) is 0.957. The van der Waals surface area contributed by atoms with E-state index < -0.39 is 0 Å². The number of nitrogens with zero attached hydrogens (tertiary/aromatic N) is 2. The van der Waals surface area contributed by atoms with Gasteiger partial charge in [0, 0.05) is 43.0 Å². The third kappa shape index (κ3) is 4.21. The second-order valence-electron chi connectivity index (χ2n) is 4.83. The van der Waals surface area contributed by atoms with Crippen molar-refractivity contribution in [2.75, 3.05) is 20.2 Å². The molecule has 1 fully saturated rings. The smallest absolute Gasteiger partial charge is 0.128 e. The summed E-state index contributed by atoms with van der Waals surface area (Å²) in [6.07, 6.45) is 2.97. The van der Waals surface area contributed by atoms with E-state index in [9.17, 15) is 0 Å². The van der Waals surface area contributed by atoms with E-state index in [1.54, 1.807) is 7.11 Å². The summed E-state index contributed by atoms with van der Waals surface area (Å²) in [6, 6.07) is 0.322. The fourth-order valence-corrected chi connectivity index (χ4v) is 2.45. The molecule has 2 rings (SSSR count). The van der Waals surface area contributed by atoms with Gasteiger partial charge in [0.1, 0.15) is 5.75 Å². The predicted octanol–water partition coefficient (Wildman–Crippen LogP) is 2.08. The maximum absolute atomic E-state index is 5.91. The number of nitrogens with two attached hydrogens (primary N) is 1. The third-order valence-corrected chi connectivity index (χ3v) is 3.43. The minimum atomic E-state index is 0. The molecule has 2 N–H and O–H groups in total. The van der Waals surface area contributed by atoms with Gasteiger partial charge in [-0.05, 0) is 20.3 Å². The van der Waals surface area contributed by atoms with Gasteiger partial charge in [-0.25, -0.2) is 0 Å². The molecule has 0 radical (unpaired) electrons. The van der Waals surface area contributed by atoms with Crippen LogP contribution in [0.2, 0.25) is 0 Å². The van der Waals surface area contributed by atoms with Crippen molar-refractivity contribution in [3.63, 3.8) is 0 Å². The summed E-state index contributed by atoms with van der Waals surface area (Å²) < 4.78 is 5.42. The Hall–Kier alpha value is -0.550. The van der Waals surface area contributed by atoms with Crippen molar-refractivity contribution in [1.82, 2.24) is 9.88 Å². The molecule has 0 aromatic carbocycles. The number of hydrogen-bond donors (Lipinski definition) is 1. The predicted molar refractivity (Wildman–Crippen MR) is 82.6 cm³/mol. The number of likely N-dealkylation sites (tertiary alicyclic amines) is 1. The molecule has 4 nitrogen and oxygen atoms in total. The number of ether oxygens (including phenoxy) is 1. The van der Waals surface area contributed by atoms with Gasteiger partial charge in [-0.2, -0.15) is 0 Å². The third-order valence-electron chi connectivity index (χ3n) is 3.43. The van der Waals surface area contributed by atoms with Gasteiger partial charge in [-0.1, -0.05) is 0 Å². The molecule has 6 heteroatoms. The number of hydrogen-bond acceptors (Lipinski definition) is 4. The zero-order valence-electron chi connectivity index (χ0n) is 11.7. The van der Waals surface area contributed by atoms with Crippen LogP contribution in [0.5, 0.6) is 5.75 Å². The van der Waals surface area contributed by atoms with Crippen molar-refractivity contribution >= 4 is 24.8 Å². The highest BCUT2D eigenvalue weighted by Gasteiger charge is 2.20. The zero-order chi connectivity index (χ0) is 12.4. The van der Waals surface area contributed by atoms with Crippen molar-refractivity contribution in [2.24, 2.45) is 5.73 Å². The maximum atomic E-state index is 5.91. The maximum Gasteiger partial charge on any atom is 0.128 e. The number of halogens is 2. The first-order chi connectivity index (χ1) is 8.11. The molecular formula is C13H23Cl2N3O. The average molecular weight is 308 g/mol. The van der Waals surface area contributed by atoms with Crippen LogP contribution in [0.25, 0.3) is 0 Å². The highest BCUT2D eigenvalue weighted by atomic mass is 35.5. The van der Waals surface area contributed by atoms with Gasteiger partial charge < -0.3 is 10.5 Å². The van der Waals surface area contributed by atoms with Crippen LogP contribution >= 0.6 is 24.8 Å². The van der Waals surface area contributed by atoms with E-state index in [-0.39, 0.29) is 24.8 Å². The molecule has 1 aromatic heterocycles. The lowest BCUT2D eigenvalue weighted by Crippen LogP contribution is -2.26. The monoisotopic (exact) mass is 307 g/mol. The molecule has 1 aliphatic rings. The van der Waals surface area contributed by atoms with Crippen molar-refractivity contribution in [2.45, 2.75) is 32.9 Å². The van der Waals surface area contributed by atoms with Crippen molar-refractivity contribution in [3.8, 4) is 5.75 Å². The van der Waals surface area contributed by atoms with E-state index in [1.165, 1.54) is 0 Å². The molecular weight excluding hydrogens is 285 g/mol. The van der Waals surface area contributed by atoms with Gasteiger partial charge in [0.05, 0.1) is 12.8 Å². The largest absolute Gasteiger partial charge is 0.496 e. The van der Waals surface area contributed by atoms with Crippen LogP contribution in [-0.4, -0.2) is 36.1 Å². The molecule has 1 aromatic rings. The van der Waals surface area contributed by atoms with Gasteiger partial charge in [0.25, 0.3) is 0 Å². The number of rotatable bonds is 3. The van der Waals surface area contributed by atoms with Crippen LogP contribution in [0, 0.1) is 13.8 Å². The Labute approximate surface area is 127 Å². The first kappa shape index (κ1) is 18.4. The summed E-state index contributed by atoms with van der Waals surface area (Å²) in [7, 11) is 1.71. The van der Waals surface area contributed by atoms with Gasteiger partial charge in [-0.3, -0.25) is 9.88 Å². The molecule has 1 aliphatic heterocycles. The van der Waals surface area contributed by atoms with Gasteiger partial charge in [-0.15, -0.1) is 24.8 Å². The van der Waals surface area contributed by atoms with E-state index in [2.05, 4.69) is 16.8 Å².